The quantitative estimate of drug-likeness (QED) is 0.0670. The lowest BCUT2D eigenvalue weighted by Crippen LogP contribution is -2.44. The molecule has 0 aliphatic heterocycles. The van der Waals surface area contributed by atoms with Crippen LogP contribution in [0.15, 0.2) is 4.99 Å². The summed E-state index contributed by atoms with van der Waals surface area (Å²) in [4.78, 5) is 13.6. The van der Waals surface area contributed by atoms with Crippen molar-refractivity contribution in [2.75, 3.05) is 27.9 Å². The second-order valence-electron chi connectivity index (χ2n) is 8.77. The van der Waals surface area contributed by atoms with Gasteiger partial charge in [0.1, 0.15) is 0 Å². The van der Waals surface area contributed by atoms with Gasteiger partial charge in [-0.2, -0.15) is 0 Å². The number of hydrogen-bond donors (Lipinski definition) is 0. The summed E-state index contributed by atoms with van der Waals surface area (Å²) in [6.07, 6.45) is 24.1. The lowest BCUT2D eigenvalue weighted by molar-refractivity contribution is -0.380. The minimum Gasteiger partial charge on any atom is -0.331 e. The first-order chi connectivity index (χ1) is 15.2. The van der Waals surface area contributed by atoms with Gasteiger partial charge < -0.3 is 14.2 Å². The first-order valence-electron chi connectivity index (χ1n) is 12.9. The summed E-state index contributed by atoms with van der Waals surface area (Å²) in [5.74, 6) is -0.622. The molecule has 0 saturated carbocycles. The second kappa shape index (κ2) is 22.5. The maximum absolute atomic E-state index is 10.00. The summed E-state index contributed by atoms with van der Waals surface area (Å²) in [5, 5.41) is 0. The summed E-state index contributed by atoms with van der Waals surface area (Å²) in [6.45, 7) is 2.90. The largest absolute Gasteiger partial charge is 0.331 e. The van der Waals surface area contributed by atoms with E-state index in [0.717, 1.165) is 19.3 Å². The SMILES string of the molecule is CCCCCCCCC(CCCCCCCCCCCCN=C=O)C(OC)(OC)OC. The minimum atomic E-state index is -0.902. The Balaban J connectivity index is 3.99. The molecular formula is C26H51NO4. The fourth-order valence-corrected chi connectivity index (χ4v) is 4.46. The zero-order valence-corrected chi connectivity index (χ0v) is 21.1. The van der Waals surface area contributed by atoms with Gasteiger partial charge in [0.05, 0.1) is 6.54 Å². The molecule has 0 amide bonds. The Morgan fingerprint density at radius 2 is 1.03 bits per heavy atom. The van der Waals surface area contributed by atoms with Crippen molar-refractivity contribution in [2.45, 2.75) is 128 Å². The highest BCUT2D eigenvalue weighted by Crippen LogP contribution is 2.33. The van der Waals surface area contributed by atoms with Crippen molar-refractivity contribution >= 4 is 6.08 Å². The molecular weight excluding hydrogens is 390 g/mol. The van der Waals surface area contributed by atoms with Gasteiger partial charge in [-0.3, -0.25) is 0 Å². The summed E-state index contributed by atoms with van der Waals surface area (Å²) < 4.78 is 17.1. The molecule has 0 bridgehead atoms. The highest BCUT2D eigenvalue weighted by molar-refractivity contribution is 5.32. The maximum atomic E-state index is 10.00. The molecule has 5 heteroatoms. The lowest BCUT2D eigenvalue weighted by atomic mass is 9.91. The van der Waals surface area contributed by atoms with Crippen LogP contribution in [0.4, 0.5) is 0 Å². The molecule has 1 atom stereocenters. The Morgan fingerprint density at radius 1 is 0.645 bits per heavy atom. The van der Waals surface area contributed by atoms with Crippen LogP contribution in [0.3, 0.4) is 0 Å². The molecule has 31 heavy (non-hydrogen) atoms. The first-order valence-corrected chi connectivity index (χ1v) is 12.9. The van der Waals surface area contributed by atoms with Crippen molar-refractivity contribution in [1.82, 2.24) is 0 Å². The molecule has 184 valence electrons. The predicted octanol–water partition coefficient (Wildman–Crippen LogP) is 7.57. The molecule has 0 heterocycles. The van der Waals surface area contributed by atoms with Gasteiger partial charge in [-0.15, -0.1) is 0 Å². The van der Waals surface area contributed by atoms with E-state index in [2.05, 4.69) is 11.9 Å². The van der Waals surface area contributed by atoms with Crippen LogP contribution in [0.2, 0.25) is 0 Å². The van der Waals surface area contributed by atoms with E-state index >= 15 is 0 Å². The fraction of sp³-hybridized carbons (Fsp3) is 0.962. The van der Waals surface area contributed by atoms with Gasteiger partial charge in [0, 0.05) is 27.2 Å². The Hall–Kier alpha value is -0.740. The van der Waals surface area contributed by atoms with Crippen molar-refractivity contribution in [2.24, 2.45) is 10.9 Å². The number of carbonyl (C=O) groups excluding carboxylic acids is 1. The van der Waals surface area contributed by atoms with Gasteiger partial charge >= 0.3 is 0 Å². The van der Waals surface area contributed by atoms with E-state index in [9.17, 15) is 4.79 Å². The molecule has 5 nitrogen and oxygen atoms in total. The van der Waals surface area contributed by atoms with Crippen molar-refractivity contribution in [3.63, 3.8) is 0 Å². The van der Waals surface area contributed by atoms with Crippen LogP contribution in [-0.2, 0) is 19.0 Å². The zero-order valence-electron chi connectivity index (χ0n) is 21.1. The van der Waals surface area contributed by atoms with Crippen molar-refractivity contribution in [3.8, 4) is 0 Å². The Bertz CT molecular complexity index is 411. The molecule has 0 saturated heterocycles. The lowest BCUT2D eigenvalue weighted by Gasteiger charge is -2.36. The number of nitrogens with zero attached hydrogens (tertiary/aromatic N) is 1. The van der Waals surface area contributed by atoms with Crippen LogP contribution in [0, 0.1) is 5.92 Å². The summed E-state index contributed by atoms with van der Waals surface area (Å²) in [5.41, 5.74) is 0. The highest BCUT2D eigenvalue weighted by Gasteiger charge is 2.39. The Morgan fingerprint density at radius 3 is 1.42 bits per heavy atom. The molecule has 0 spiro atoms. The van der Waals surface area contributed by atoms with Gasteiger partial charge in [0.15, 0.2) is 0 Å². The smallest absolute Gasteiger partial charge is 0.285 e. The maximum Gasteiger partial charge on any atom is 0.285 e. The third-order valence-corrected chi connectivity index (χ3v) is 6.40. The van der Waals surface area contributed by atoms with Crippen LogP contribution in [0.1, 0.15) is 122 Å². The Labute approximate surface area is 192 Å². The average Bonchev–Trinajstić information content (AvgIpc) is 2.80. The van der Waals surface area contributed by atoms with Gasteiger partial charge in [0.25, 0.3) is 5.97 Å². The van der Waals surface area contributed by atoms with Crippen molar-refractivity contribution in [3.05, 3.63) is 0 Å². The number of isocyanates is 1. The molecule has 0 aromatic rings. The third-order valence-electron chi connectivity index (χ3n) is 6.40. The molecule has 0 aromatic carbocycles. The molecule has 0 aliphatic rings. The number of ether oxygens (including phenoxy) is 3. The van der Waals surface area contributed by atoms with E-state index in [-0.39, 0.29) is 5.92 Å². The van der Waals surface area contributed by atoms with E-state index in [1.807, 2.05) is 0 Å². The van der Waals surface area contributed by atoms with E-state index in [1.165, 1.54) is 96.3 Å². The van der Waals surface area contributed by atoms with Crippen LogP contribution < -0.4 is 0 Å². The third kappa shape index (κ3) is 15.7. The van der Waals surface area contributed by atoms with E-state index in [0.29, 0.717) is 6.54 Å². The second-order valence-corrected chi connectivity index (χ2v) is 8.77. The topological polar surface area (TPSA) is 57.1 Å². The average molecular weight is 442 g/mol. The van der Waals surface area contributed by atoms with Crippen molar-refractivity contribution < 1.29 is 19.0 Å². The Kier molecular flexibility index (Phi) is 21.9. The summed E-state index contributed by atoms with van der Waals surface area (Å²) >= 11 is 0. The van der Waals surface area contributed by atoms with Crippen LogP contribution in [0.25, 0.3) is 0 Å². The molecule has 1 unspecified atom stereocenters. The van der Waals surface area contributed by atoms with Gasteiger partial charge in [-0.1, -0.05) is 103 Å². The number of rotatable bonds is 24. The van der Waals surface area contributed by atoms with Gasteiger partial charge in [0.2, 0.25) is 6.08 Å². The molecule has 0 radical (unpaired) electrons. The monoisotopic (exact) mass is 441 g/mol. The van der Waals surface area contributed by atoms with Gasteiger partial charge in [-0.05, 0) is 19.3 Å². The fourth-order valence-electron chi connectivity index (χ4n) is 4.46. The summed E-state index contributed by atoms with van der Waals surface area (Å²) in [7, 11) is 5.07. The molecule has 0 fully saturated rings. The first kappa shape index (κ1) is 30.3. The zero-order chi connectivity index (χ0) is 23.0. The normalized spacial score (nSPS) is 12.6. The van der Waals surface area contributed by atoms with Crippen molar-refractivity contribution in [1.29, 1.82) is 0 Å². The number of methoxy groups -OCH3 is 3. The standard InChI is InChI=1S/C26H51NO4/c1-5-6-7-8-15-18-21-25(26(29-2,30-3)31-4)22-19-16-13-11-9-10-12-14-17-20-23-27-24-28/h25H,5-23H2,1-4H3. The van der Waals surface area contributed by atoms with E-state index in [4.69, 9.17) is 14.2 Å². The van der Waals surface area contributed by atoms with E-state index in [1.54, 1.807) is 27.4 Å². The van der Waals surface area contributed by atoms with Crippen LogP contribution >= 0.6 is 0 Å². The van der Waals surface area contributed by atoms with Crippen LogP contribution in [-0.4, -0.2) is 39.9 Å². The number of hydrogen-bond acceptors (Lipinski definition) is 5. The number of unbranched alkanes of at least 4 members (excludes halogenated alkanes) is 14. The minimum absolute atomic E-state index is 0.280. The van der Waals surface area contributed by atoms with E-state index < -0.39 is 5.97 Å². The molecule has 0 aromatic heterocycles. The van der Waals surface area contributed by atoms with Crippen LogP contribution in [0.5, 0.6) is 0 Å². The predicted molar refractivity (Wildman–Crippen MR) is 129 cm³/mol. The summed E-state index contributed by atoms with van der Waals surface area (Å²) in [6, 6.07) is 0. The molecule has 0 aliphatic carbocycles. The van der Waals surface area contributed by atoms with Gasteiger partial charge in [-0.25, -0.2) is 9.79 Å². The molecule has 0 rings (SSSR count). The molecule has 0 N–H and O–H groups in total. The number of aliphatic imine (C=N–C) groups is 1. The highest BCUT2D eigenvalue weighted by atomic mass is 16.9.